The molecule has 144 valence electrons. The highest BCUT2D eigenvalue weighted by molar-refractivity contribution is 5.79. The van der Waals surface area contributed by atoms with Crippen LogP contribution in [-0.2, 0) is 11.2 Å². The zero-order valence-corrected chi connectivity index (χ0v) is 16.4. The zero-order valence-electron chi connectivity index (χ0n) is 16.4. The van der Waals surface area contributed by atoms with Gasteiger partial charge in [0, 0.05) is 36.5 Å². The first-order valence-electron chi connectivity index (χ1n) is 9.51. The van der Waals surface area contributed by atoms with Gasteiger partial charge in [0.2, 0.25) is 5.91 Å². The molecule has 0 aliphatic carbocycles. The van der Waals surface area contributed by atoms with Gasteiger partial charge in [0.1, 0.15) is 5.82 Å². The van der Waals surface area contributed by atoms with E-state index in [1.165, 1.54) is 0 Å². The number of carbonyl (C=O) groups is 1. The van der Waals surface area contributed by atoms with E-state index in [9.17, 15) is 9.59 Å². The number of rotatable bonds is 5. The molecule has 1 fully saturated rings. The molecule has 27 heavy (non-hydrogen) atoms. The Hall–Kier alpha value is -2.47. The molecule has 6 heteroatoms. The van der Waals surface area contributed by atoms with E-state index in [1.807, 2.05) is 35.2 Å². The Kier molecular flexibility index (Phi) is 6.06. The highest BCUT2D eigenvalue weighted by atomic mass is 16.2. The van der Waals surface area contributed by atoms with Gasteiger partial charge in [-0.1, -0.05) is 30.3 Å². The van der Waals surface area contributed by atoms with Crippen molar-refractivity contribution < 1.29 is 4.79 Å². The number of H-pyrrole nitrogens is 1. The van der Waals surface area contributed by atoms with Gasteiger partial charge in [0.05, 0.1) is 6.42 Å². The SMILES string of the molecule is Cc1nc(-c2ccccc2)[nH]c(=O)c1CC(=O)N1CCCC(CN(C)C)C1. The van der Waals surface area contributed by atoms with Gasteiger partial charge in [-0.2, -0.15) is 0 Å². The number of aryl methyl sites for hydroxylation is 1. The van der Waals surface area contributed by atoms with Crippen molar-refractivity contribution in [3.05, 3.63) is 51.9 Å². The first-order valence-corrected chi connectivity index (χ1v) is 9.51. The molecule has 1 N–H and O–H groups in total. The summed E-state index contributed by atoms with van der Waals surface area (Å²) in [5.41, 5.74) is 1.72. The molecule has 0 spiro atoms. The van der Waals surface area contributed by atoms with Crippen molar-refractivity contribution in [2.75, 3.05) is 33.7 Å². The predicted octanol–water partition coefficient (Wildman–Crippen LogP) is 2.09. The van der Waals surface area contributed by atoms with Crippen LogP contribution in [0, 0.1) is 12.8 Å². The lowest BCUT2D eigenvalue weighted by Gasteiger charge is -2.34. The minimum absolute atomic E-state index is 0.0151. The summed E-state index contributed by atoms with van der Waals surface area (Å²) in [6, 6.07) is 9.54. The van der Waals surface area contributed by atoms with Crippen LogP contribution in [0.5, 0.6) is 0 Å². The maximum absolute atomic E-state index is 12.8. The highest BCUT2D eigenvalue weighted by Crippen LogP contribution is 2.19. The molecule has 1 aliphatic heterocycles. The number of likely N-dealkylation sites (tertiary alicyclic amines) is 1. The topological polar surface area (TPSA) is 69.3 Å². The van der Waals surface area contributed by atoms with Crippen LogP contribution in [0.4, 0.5) is 0 Å². The number of aromatic amines is 1. The van der Waals surface area contributed by atoms with E-state index in [0.717, 1.165) is 38.0 Å². The Morgan fingerprint density at radius 2 is 2.04 bits per heavy atom. The van der Waals surface area contributed by atoms with E-state index in [-0.39, 0.29) is 17.9 Å². The fourth-order valence-electron chi connectivity index (χ4n) is 3.77. The van der Waals surface area contributed by atoms with Crippen LogP contribution in [0.1, 0.15) is 24.1 Å². The lowest BCUT2D eigenvalue weighted by molar-refractivity contribution is -0.132. The summed E-state index contributed by atoms with van der Waals surface area (Å²) in [5, 5.41) is 0. The molecule has 1 aromatic heterocycles. The minimum Gasteiger partial charge on any atom is -0.342 e. The van der Waals surface area contributed by atoms with Crippen molar-refractivity contribution in [2.24, 2.45) is 5.92 Å². The maximum Gasteiger partial charge on any atom is 0.255 e. The molecule has 1 saturated heterocycles. The summed E-state index contributed by atoms with van der Waals surface area (Å²) in [6.07, 6.45) is 2.28. The zero-order chi connectivity index (χ0) is 19.4. The lowest BCUT2D eigenvalue weighted by atomic mass is 9.97. The lowest BCUT2D eigenvalue weighted by Crippen LogP contribution is -2.43. The number of piperidine rings is 1. The Morgan fingerprint density at radius 1 is 1.30 bits per heavy atom. The average Bonchev–Trinajstić information content (AvgIpc) is 2.64. The quantitative estimate of drug-likeness (QED) is 0.877. The summed E-state index contributed by atoms with van der Waals surface area (Å²) >= 11 is 0. The second-order valence-corrected chi connectivity index (χ2v) is 7.63. The van der Waals surface area contributed by atoms with Gasteiger partial charge in [-0.3, -0.25) is 9.59 Å². The van der Waals surface area contributed by atoms with E-state index < -0.39 is 0 Å². The van der Waals surface area contributed by atoms with Crippen molar-refractivity contribution in [2.45, 2.75) is 26.2 Å². The smallest absolute Gasteiger partial charge is 0.255 e. The molecular weight excluding hydrogens is 340 g/mol. The molecule has 2 aromatic rings. The second-order valence-electron chi connectivity index (χ2n) is 7.63. The average molecular weight is 368 g/mol. The van der Waals surface area contributed by atoms with E-state index in [4.69, 9.17) is 0 Å². The summed E-state index contributed by atoms with van der Waals surface area (Å²) in [6.45, 7) is 4.32. The van der Waals surface area contributed by atoms with Crippen LogP contribution in [0.2, 0.25) is 0 Å². The molecule has 6 nitrogen and oxygen atoms in total. The van der Waals surface area contributed by atoms with Crippen molar-refractivity contribution in [1.82, 2.24) is 19.8 Å². The van der Waals surface area contributed by atoms with E-state index in [2.05, 4.69) is 29.0 Å². The molecule has 3 rings (SSSR count). The first-order chi connectivity index (χ1) is 12.9. The van der Waals surface area contributed by atoms with E-state index in [1.54, 1.807) is 6.92 Å². The molecule has 1 aromatic carbocycles. The first kappa shape index (κ1) is 19.3. The standard InChI is InChI=1S/C21H28N4O2/c1-15-18(21(27)23-20(22-15)17-9-5-4-6-10-17)12-19(26)25-11-7-8-16(14-25)13-24(2)3/h4-6,9-10,16H,7-8,11-14H2,1-3H3,(H,22,23,27). The van der Waals surface area contributed by atoms with Crippen LogP contribution in [-0.4, -0.2) is 59.4 Å². The van der Waals surface area contributed by atoms with Gasteiger partial charge in [-0.25, -0.2) is 4.98 Å². The van der Waals surface area contributed by atoms with Crippen LogP contribution in [0.3, 0.4) is 0 Å². The number of hydrogen-bond donors (Lipinski definition) is 1. The van der Waals surface area contributed by atoms with Crippen LogP contribution in [0.15, 0.2) is 35.1 Å². The number of amides is 1. The number of aromatic nitrogens is 2. The van der Waals surface area contributed by atoms with Crippen molar-refractivity contribution in [3.8, 4) is 11.4 Å². The van der Waals surface area contributed by atoms with Gasteiger partial charge in [0.25, 0.3) is 5.56 Å². The molecule has 0 bridgehead atoms. The van der Waals surface area contributed by atoms with Gasteiger partial charge in [0.15, 0.2) is 0 Å². The summed E-state index contributed by atoms with van der Waals surface area (Å²) in [4.78, 5) is 36.8. The molecular formula is C21H28N4O2. The third-order valence-corrected chi connectivity index (χ3v) is 5.09. The molecule has 1 aliphatic rings. The van der Waals surface area contributed by atoms with Crippen LogP contribution < -0.4 is 5.56 Å². The predicted molar refractivity (Wildman–Crippen MR) is 107 cm³/mol. The number of carbonyl (C=O) groups excluding carboxylic acids is 1. The number of benzene rings is 1. The Bertz CT molecular complexity index is 845. The third kappa shape index (κ3) is 4.83. The van der Waals surface area contributed by atoms with E-state index >= 15 is 0 Å². The number of hydrogen-bond acceptors (Lipinski definition) is 4. The second kappa shape index (κ2) is 8.48. The molecule has 2 heterocycles. The highest BCUT2D eigenvalue weighted by Gasteiger charge is 2.25. The molecule has 1 amide bonds. The number of nitrogens with one attached hydrogen (secondary N) is 1. The van der Waals surface area contributed by atoms with Crippen molar-refractivity contribution in [3.63, 3.8) is 0 Å². The summed E-state index contributed by atoms with van der Waals surface area (Å²) in [5.74, 6) is 1.05. The molecule has 0 radical (unpaired) electrons. The molecule has 1 unspecified atom stereocenters. The monoisotopic (exact) mass is 368 g/mol. The largest absolute Gasteiger partial charge is 0.342 e. The van der Waals surface area contributed by atoms with Gasteiger partial charge < -0.3 is 14.8 Å². The van der Waals surface area contributed by atoms with Gasteiger partial charge in [-0.05, 0) is 39.8 Å². The van der Waals surface area contributed by atoms with Crippen molar-refractivity contribution in [1.29, 1.82) is 0 Å². The van der Waals surface area contributed by atoms with Crippen LogP contribution >= 0.6 is 0 Å². The normalized spacial score (nSPS) is 17.3. The minimum atomic E-state index is -0.225. The van der Waals surface area contributed by atoms with Gasteiger partial charge in [-0.15, -0.1) is 0 Å². The Balaban J connectivity index is 1.73. The molecule has 1 atom stereocenters. The van der Waals surface area contributed by atoms with E-state index in [0.29, 0.717) is 23.0 Å². The number of nitrogens with zero attached hydrogens (tertiary/aromatic N) is 3. The van der Waals surface area contributed by atoms with Gasteiger partial charge >= 0.3 is 0 Å². The maximum atomic E-state index is 12.8. The fraction of sp³-hybridized carbons (Fsp3) is 0.476. The Morgan fingerprint density at radius 3 is 2.70 bits per heavy atom. The Labute approximate surface area is 160 Å². The third-order valence-electron chi connectivity index (χ3n) is 5.09. The summed E-state index contributed by atoms with van der Waals surface area (Å²) in [7, 11) is 4.12. The fourth-order valence-corrected chi connectivity index (χ4v) is 3.77. The van der Waals surface area contributed by atoms with Crippen LogP contribution in [0.25, 0.3) is 11.4 Å². The molecule has 0 saturated carbocycles. The van der Waals surface area contributed by atoms with Crippen molar-refractivity contribution >= 4 is 5.91 Å². The summed E-state index contributed by atoms with van der Waals surface area (Å²) < 4.78 is 0.